The largest absolute Gasteiger partial charge is 0.368 e. The Morgan fingerprint density at radius 2 is 2.29 bits per heavy atom. The highest BCUT2D eigenvalue weighted by molar-refractivity contribution is 7.98. The zero-order valence-corrected chi connectivity index (χ0v) is 9.40. The van der Waals surface area contributed by atoms with Crippen LogP contribution in [0.5, 0.6) is 0 Å². The van der Waals surface area contributed by atoms with Gasteiger partial charge in [-0.3, -0.25) is 4.98 Å². The third-order valence-electron chi connectivity index (χ3n) is 2.62. The topological polar surface area (TPSA) is 37.8 Å². The molecule has 0 aliphatic heterocycles. The second-order valence-electron chi connectivity index (χ2n) is 4.11. The summed E-state index contributed by atoms with van der Waals surface area (Å²) in [6.45, 7) is 3.31. The average Bonchev–Trinajstić information content (AvgIpc) is 2.95. The molecule has 0 spiro atoms. The van der Waals surface area contributed by atoms with E-state index >= 15 is 0 Å². The maximum Gasteiger partial charge on any atom is 0.145 e. The summed E-state index contributed by atoms with van der Waals surface area (Å²) in [6.07, 6.45) is 8.24. The summed E-state index contributed by atoms with van der Waals surface area (Å²) in [6, 6.07) is 0. The van der Waals surface area contributed by atoms with Gasteiger partial charge in [-0.1, -0.05) is 6.92 Å². The Morgan fingerprint density at radius 1 is 1.50 bits per heavy atom. The Labute approximate surface area is 88.7 Å². The van der Waals surface area contributed by atoms with Crippen LogP contribution in [0, 0.1) is 5.41 Å². The van der Waals surface area contributed by atoms with Gasteiger partial charge in [0.1, 0.15) is 10.8 Å². The smallest absolute Gasteiger partial charge is 0.145 e. The van der Waals surface area contributed by atoms with Crippen molar-refractivity contribution in [1.29, 1.82) is 0 Å². The molecule has 0 saturated heterocycles. The van der Waals surface area contributed by atoms with E-state index in [0.29, 0.717) is 5.41 Å². The fraction of sp³-hybridized carbons (Fsp3) is 0.600. The molecule has 1 fully saturated rings. The third kappa shape index (κ3) is 2.38. The number of nitrogens with one attached hydrogen (secondary N) is 1. The van der Waals surface area contributed by atoms with Crippen LogP contribution < -0.4 is 5.32 Å². The standard InChI is InChI=1S/C10H15N3S/c1-10(3-4-10)7-12-8-5-11-6-9(13-8)14-2/h5-6H,3-4,7H2,1-2H3,(H,12,13). The molecular weight excluding hydrogens is 194 g/mol. The maximum atomic E-state index is 4.41. The first-order chi connectivity index (χ1) is 6.72. The predicted molar refractivity (Wildman–Crippen MR) is 59.6 cm³/mol. The quantitative estimate of drug-likeness (QED) is 0.773. The van der Waals surface area contributed by atoms with Crippen molar-refractivity contribution in [2.75, 3.05) is 18.1 Å². The molecule has 14 heavy (non-hydrogen) atoms. The molecule has 76 valence electrons. The molecule has 1 aliphatic carbocycles. The van der Waals surface area contributed by atoms with Gasteiger partial charge in [-0.25, -0.2) is 4.98 Å². The molecule has 1 saturated carbocycles. The lowest BCUT2D eigenvalue weighted by Crippen LogP contribution is -2.12. The zero-order valence-electron chi connectivity index (χ0n) is 8.58. The average molecular weight is 209 g/mol. The van der Waals surface area contributed by atoms with Crippen LogP contribution in [0.15, 0.2) is 17.4 Å². The lowest BCUT2D eigenvalue weighted by molar-refractivity contribution is 0.608. The van der Waals surface area contributed by atoms with Gasteiger partial charge in [-0.05, 0) is 24.5 Å². The Balaban J connectivity index is 1.94. The van der Waals surface area contributed by atoms with Crippen molar-refractivity contribution in [3.63, 3.8) is 0 Å². The van der Waals surface area contributed by atoms with Crippen molar-refractivity contribution in [2.45, 2.75) is 24.8 Å². The van der Waals surface area contributed by atoms with Gasteiger partial charge in [0.2, 0.25) is 0 Å². The SMILES string of the molecule is CSc1cncc(NCC2(C)CC2)n1. The minimum Gasteiger partial charge on any atom is -0.368 e. The first-order valence-electron chi connectivity index (χ1n) is 4.82. The lowest BCUT2D eigenvalue weighted by atomic mass is 10.1. The minimum absolute atomic E-state index is 0.511. The van der Waals surface area contributed by atoms with E-state index in [-0.39, 0.29) is 0 Å². The van der Waals surface area contributed by atoms with Gasteiger partial charge in [0.05, 0.1) is 12.4 Å². The number of rotatable bonds is 4. The Kier molecular flexibility index (Phi) is 2.63. The molecular formula is C10H15N3S. The molecule has 1 aromatic rings. The van der Waals surface area contributed by atoms with E-state index in [1.807, 2.05) is 6.26 Å². The fourth-order valence-corrected chi connectivity index (χ4v) is 1.58. The normalized spacial score (nSPS) is 17.9. The molecule has 3 nitrogen and oxygen atoms in total. The van der Waals surface area contributed by atoms with Crippen molar-refractivity contribution in [3.8, 4) is 0 Å². The molecule has 2 rings (SSSR count). The summed E-state index contributed by atoms with van der Waals surface area (Å²) >= 11 is 1.62. The highest BCUT2D eigenvalue weighted by atomic mass is 32.2. The molecule has 0 aromatic carbocycles. The fourth-order valence-electron chi connectivity index (χ4n) is 1.23. The van der Waals surface area contributed by atoms with Crippen molar-refractivity contribution in [3.05, 3.63) is 12.4 Å². The van der Waals surface area contributed by atoms with Gasteiger partial charge in [0.15, 0.2) is 0 Å². The summed E-state index contributed by atoms with van der Waals surface area (Å²) in [4.78, 5) is 8.54. The lowest BCUT2D eigenvalue weighted by Gasteiger charge is -2.10. The van der Waals surface area contributed by atoms with E-state index in [0.717, 1.165) is 17.4 Å². The molecule has 1 heterocycles. The second kappa shape index (κ2) is 3.77. The van der Waals surface area contributed by atoms with Crippen LogP contribution in [0.3, 0.4) is 0 Å². The minimum atomic E-state index is 0.511. The summed E-state index contributed by atoms with van der Waals surface area (Å²) in [7, 11) is 0. The van der Waals surface area contributed by atoms with Crippen molar-refractivity contribution in [2.24, 2.45) is 5.41 Å². The molecule has 1 N–H and O–H groups in total. The van der Waals surface area contributed by atoms with Crippen LogP contribution in [0.1, 0.15) is 19.8 Å². The molecule has 0 bridgehead atoms. The van der Waals surface area contributed by atoms with E-state index in [1.165, 1.54) is 12.8 Å². The number of nitrogens with zero attached hydrogens (tertiary/aromatic N) is 2. The van der Waals surface area contributed by atoms with Gasteiger partial charge < -0.3 is 5.32 Å². The number of hydrogen-bond acceptors (Lipinski definition) is 4. The monoisotopic (exact) mass is 209 g/mol. The Bertz CT molecular complexity index is 323. The molecule has 0 atom stereocenters. The second-order valence-corrected chi connectivity index (χ2v) is 4.94. The maximum absolute atomic E-state index is 4.41. The van der Waals surface area contributed by atoms with Gasteiger partial charge in [0.25, 0.3) is 0 Å². The van der Waals surface area contributed by atoms with Crippen LogP contribution in [-0.4, -0.2) is 22.8 Å². The first kappa shape index (κ1) is 9.77. The van der Waals surface area contributed by atoms with Crippen molar-refractivity contribution < 1.29 is 0 Å². The zero-order chi connectivity index (χ0) is 10.0. The van der Waals surface area contributed by atoms with Gasteiger partial charge in [-0.15, -0.1) is 11.8 Å². The number of aromatic nitrogens is 2. The summed E-state index contributed by atoms with van der Waals surface area (Å²) < 4.78 is 0. The van der Waals surface area contributed by atoms with Crippen LogP contribution in [0.25, 0.3) is 0 Å². The van der Waals surface area contributed by atoms with Gasteiger partial charge >= 0.3 is 0 Å². The predicted octanol–water partition coefficient (Wildman–Crippen LogP) is 2.41. The highest BCUT2D eigenvalue weighted by Crippen LogP contribution is 2.44. The summed E-state index contributed by atoms with van der Waals surface area (Å²) in [5, 5.41) is 4.30. The van der Waals surface area contributed by atoms with Crippen LogP contribution >= 0.6 is 11.8 Å². The Hall–Kier alpha value is -0.770. The molecule has 1 aliphatic rings. The molecule has 4 heteroatoms. The third-order valence-corrected chi connectivity index (χ3v) is 3.24. The van der Waals surface area contributed by atoms with Gasteiger partial charge in [-0.2, -0.15) is 0 Å². The Morgan fingerprint density at radius 3 is 2.93 bits per heavy atom. The highest BCUT2D eigenvalue weighted by Gasteiger charge is 2.36. The summed E-state index contributed by atoms with van der Waals surface area (Å²) in [5.41, 5.74) is 0.511. The first-order valence-corrected chi connectivity index (χ1v) is 6.04. The van der Waals surface area contributed by atoms with E-state index in [9.17, 15) is 0 Å². The molecule has 0 unspecified atom stereocenters. The van der Waals surface area contributed by atoms with E-state index < -0.39 is 0 Å². The van der Waals surface area contributed by atoms with Crippen molar-refractivity contribution >= 4 is 17.6 Å². The van der Waals surface area contributed by atoms with E-state index in [4.69, 9.17) is 0 Å². The van der Waals surface area contributed by atoms with Crippen LogP contribution in [-0.2, 0) is 0 Å². The summed E-state index contributed by atoms with van der Waals surface area (Å²) in [5.74, 6) is 0.893. The number of thioether (sulfide) groups is 1. The van der Waals surface area contributed by atoms with Gasteiger partial charge in [0, 0.05) is 6.54 Å². The number of hydrogen-bond donors (Lipinski definition) is 1. The molecule has 0 radical (unpaired) electrons. The molecule has 0 amide bonds. The van der Waals surface area contributed by atoms with E-state index in [2.05, 4.69) is 22.2 Å². The molecule has 1 aromatic heterocycles. The van der Waals surface area contributed by atoms with Crippen LogP contribution in [0.2, 0.25) is 0 Å². The van der Waals surface area contributed by atoms with Crippen LogP contribution in [0.4, 0.5) is 5.82 Å². The van der Waals surface area contributed by atoms with E-state index in [1.54, 1.807) is 24.2 Å². The van der Waals surface area contributed by atoms with Crippen molar-refractivity contribution in [1.82, 2.24) is 9.97 Å². The number of anilines is 1.